The number of rotatable bonds is 8. The highest BCUT2D eigenvalue weighted by Gasteiger charge is 2.30. The quantitative estimate of drug-likeness (QED) is 0.544. The predicted molar refractivity (Wildman–Crippen MR) is 124 cm³/mol. The van der Waals surface area contributed by atoms with E-state index in [0.717, 1.165) is 37.3 Å². The molecule has 0 radical (unpaired) electrons. The van der Waals surface area contributed by atoms with E-state index in [2.05, 4.69) is 34.2 Å². The first-order chi connectivity index (χ1) is 16.3. The van der Waals surface area contributed by atoms with E-state index in [1.807, 2.05) is 22.7 Å². The Hall–Kier alpha value is -3.40. The summed E-state index contributed by atoms with van der Waals surface area (Å²) in [7, 11) is 5.55. The number of hydrogen-bond donors (Lipinski definition) is 1. The number of methoxy groups -OCH3 is 1. The molecular formula is C24H27F2N5O3. The van der Waals surface area contributed by atoms with Gasteiger partial charge in [0.2, 0.25) is 0 Å². The van der Waals surface area contributed by atoms with Crippen molar-refractivity contribution in [2.45, 2.75) is 31.5 Å². The summed E-state index contributed by atoms with van der Waals surface area (Å²) in [5.74, 6) is -0.563. The summed E-state index contributed by atoms with van der Waals surface area (Å²) in [5.41, 5.74) is 2.99. The van der Waals surface area contributed by atoms with Gasteiger partial charge in [-0.2, -0.15) is 8.78 Å². The third kappa shape index (κ3) is 4.25. The van der Waals surface area contributed by atoms with Gasteiger partial charge in [-0.15, -0.1) is 0 Å². The zero-order valence-corrected chi connectivity index (χ0v) is 19.3. The molecule has 3 heterocycles. The topological polar surface area (TPSA) is 71.3 Å². The summed E-state index contributed by atoms with van der Waals surface area (Å²) in [4.78, 5) is 21.8. The standard InChI is InChI=1S/C24H27F2N5O3/c1-29(2)17-12-30(13-17)16-6-7-31-18(11-27-21(31)10-16)14-8-19(33-3)22(20(9-14)34-24(25)26)23(32)28-15-4-5-15/h6-11,15,17,24H,4-5,12-13H2,1-3H3,(H,28,32). The van der Waals surface area contributed by atoms with Gasteiger partial charge in [-0.05, 0) is 45.1 Å². The van der Waals surface area contributed by atoms with E-state index in [1.54, 1.807) is 12.3 Å². The van der Waals surface area contributed by atoms with Gasteiger partial charge in [0.1, 0.15) is 22.7 Å². The molecule has 2 aromatic heterocycles. The van der Waals surface area contributed by atoms with Crippen LogP contribution in [0.4, 0.5) is 14.5 Å². The van der Waals surface area contributed by atoms with Crippen LogP contribution in [0.25, 0.3) is 16.9 Å². The SMILES string of the molecule is COc1cc(-c2cnc3cc(N4CC(N(C)C)C4)ccn23)cc(OC(F)F)c1C(=O)NC1CC1. The number of nitrogens with zero attached hydrogens (tertiary/aromatic N) is 4. The molecule has 0 bridgehead atoms. The molecule has 8 nitrogen and oxygen atoms in total. The molecule has 0 atom stereocenters. The lowest BCUT2D eigenvalue weighted by Gasteiger charge is -2.44. The van der Waals surface area contributed by atoms with E-state index < -0.39 is 12.5 Å². The fourth-order valence-corrected chi connectivity index (χ4v) is 4.17. The molecule has 1 aliphatic heterocycles. The van der Waals surface area contributed by atoms with Crippen LogP contribution in [0.3, 0.4) is 0 Å². The second kappa shape index (κ2) is 8.75. The summed E-state index contributed by atoms with van der Waals surface area (Å²) in [5, 5.41) is 2.81. The van der Waals surface area contributed by atoms with Crippen molar-refractivity contribution in [3.8, 4) is 22.8 Å². The third-order valence-corrected chi connectivity index (χ3v) is 6.39. The van der Waals surface area contributed by atoms with Crippen LogP contribution in [0.1, 0.15) is 23.2 Å². The Kier molecular flexibility index (Phi) is 5.76. The number of amides is 1. The van der Waals surface area contributed by atoms with Crippen molar-refractivity contribution in [3.63, 3.8) is 0 Å². The maximum atomic E-state index is 13.2. The number of nitrogens with one attached hydrogen (secondary N) is 1. The average Bonchev–Trinajstić information content (AvgIpc) is 3.46. The summed E-state index contributed by atoms with van der Waals surface area (Å²) < 4.78 is 38.5. The summed E-state index contributed by atoms with van der Waals surface area (Å²) in [6.07, 6.45) is 5.31. The van der Waals surface area contributed by atoms with Gasteiger partial charge < -0.3 is 24.6 Å². The van der Waals surface area contributed by atoms with E-state index in [9.17, 15) is 13.6 Å². The minimum absolute atomic E-state index is 0.0391. The first-order valence-corrected chi connectivity index (χ1v) is 11.2. The van der Waals surface area contributed by atoms with E-state index in [-0.39, 0.29) is 23.1 Å². The number of carbonyl (C=O) groups excluding carboxylic acids is 1. The number of benzene rings is 1. The number of carbonyl (C=O) groups is 1. The molecule has 2 fully saturated rings. The number of aromatic nitrogens is 2. The van der Waals surface area contributed by atoms with Crippen molar-refractivity contribution in [2.24, 2.45) is 0 Å². The second-order valence-corrected chi connectivity index (χ2v) is 8.96. The number of imidazole rings is 1. The maximum absolute atomic E-state index is 13.2. The fraction of sp³-hybridized carbons (Fsp3) is 0.417. The zero-order valence-electron chi connectivity index (χ0n) is 19.3. The van der Waals surface area contributed by atoms with Crippen molar-refractivity contribution in [1.82, 2.24) is 19.6 Å². The molecule has 180 valence electrons. The van der Waals surface area contributed by atoms with Crippen molar-refractivity contribution in [2.75, 3.05) is 39.2 Å². The molecule has 1 amide bonds. The summed E-state index contributed by atoms with van der Waals surface area (Å²) in [6.45, 7) is -1.18. The Morgan fingerprint density at radius 3 is 2.59 bits per heavy atom. The number of halogens is 2. The first-order valence-electron chi connectivity index (χ1n) is 11.2. The molecule has 34 heavy (non-hydrogen) atoms. The lowest BCUT2D eigenvalue weighted by atomic mass is 10.1. The van der Waals surface area contributed by atoms with Gasteiger partial charge in [-0.3, -0.25) is 9.20 Å². The smallest absolute Gasteiger partial charge is 0.387 e. The zero-order chi connectivity index (χ0) is 24.0. The highest BCUT2D eigenvalue weighted by Crippen LogP contribution is 2.37. The molecule has 2 aliphatic rings. The van der Waals surface area contributed by atoms with E-state index in [0.29, 0.717) is 17.3 Å². The van der Waals surface area contributed by atoms with Gasteiger partial charge in [-0.25, -0.2) is 4.98 Å². The highest BCUT2D eigenvalue weighted by molar-refractivity contribution is 6.01. The van der Waals surface area contributed by atoms with Crippen molar-refractivity contribution in [1.29, 1.82) is 0 Å². The average molecular weight is 472 g/mol. The highest BCUT2D eigenvalue weighted by atomic mass is 19.3. The van der Waals surface area contributed by atoms with Gasteiger partial charge in [-0.1, -0.05) is 0 Å². The number of alkyl halides is 2. The third-order valence-electron chi connectivity index (χ3n) is 6.39. The lowest BCUT2D eigenvalue weighted by molar-refractivity contribution is -0.0502. The first kappa shape index (κ1) is 22.4. The van der Waals surface area contributed by atoms with Crippen LogP contribution in [0.5, 0.6) is 11.5 Å². The van der Waals surface area contributed by atoms with Crippen molar-refractivity contribution in [3.05, 3.63) is 42.2 Å². The number of pyridine rings is 1. The molecule has 1 N–H and O–H groups in total. The Labute approximate surface area is 196 Å². The molecule has 3 aromatic rings. The minimum Gasteiger partial charge on any atom is -0.496 e. The number of anilines is 1. The van der Waals surface area contributed by atoms with Gasteiger partial charge >= 0.3 is 6.61 Å². The molecular weight excluding hydrogens is 444 g/mol. The largest absolute Gasteiger partial charge is 0.496 e. The van der Waals surface area contributed by atoms with Crippen LogP contribution in [0.15, 0.2) is 36.7 Å². The van der Waals surface area contributed by atoms with Crippen LogP contribution < -0.4 is 19.7 Å². The predicted octanol–water partition coefficient (Wildman–Crippen LogP) is 3.25. The molecule has 0 unspecified atom stereocenters. The van der Waals surface area contributed by atoms with Gasteiger partial charge in [0.05, 0.1) is 19.0 Å². The number of fused-ring (bicyclic) bond motifs is 1. The Bertz CT molecular complexity index is 1220. The van der Waals surface area contributed by atoms with Crippen LogP contribution in [-0.2, 0) is 0 Å². The Balaban J connectivity index is 1.50. The van der Waals surface area contributed by atoms with Crippen LogP contribution in [0.2, 0.25) is 0 Å². The number of ether oxygens (including phenoxy) is 2. The normalized spacial score (nSPS) is 16.3. The van der Waals surface area contributed by atoms with Crippen LogP contribution in [-0.4, -0.2) is 73.2 Å². The molecule has 10 heteroatoms. The van der Waals surface area contributed by atoms with Gasteiger partial charge in [0.25, 0.3) is 5.91 Å². The summed E-state index contributed by atoms with van der Waals surface area (Å²) in [6, 6.07) is 7.68. The minimum atomic E-state index is -3.08. The molecule has 0 spiro atoms. The van der Waals surface area contributed by atoms with Crippen molar-refractivity contribution < 1.29 is 23.0 Å². The van der Waals surface area contributed by atoms with E-state index >= 15 is 0 Å². The van der Waals surface area contributed by atoms with Crippen LogP contribution >= 0.6 is 0 Å². The molecule has 1 saturated heterocycles. The van der Waals surface area contributed by atoms with Gasteiger partial charge in [0.15, 0.2) is 0 Å². The van der Waals surface area contributed by atoms with E-state index in [1.165, 1.54) is 13.2 Å². The maximum Gasteiger partial charge on any atom is 0.387 e. The molecule has 1 aromatic carbocycles. The monoisotopic (exact) mass is 471 g/mol. The fourth-order valence-electron chi connectivity index (χ4n) is 4.17. The lowest BCUT2D eigenvalue weighted by Crippen LogP contribution is -2.57. The number of hydrogen-bond acceptors (Lipinski definition) is 6. The van der Waals surface area contributed by atoms with Gasteiger partial charge in [0, 0.05) is 48.7 Å². The Morgan fingerprint density at radius 1 is 1.21 bits per heavy atom. The number of likely N-dealkylation sites (N-methyl/N-ethyl adjacent to an activating group) is 1. The van der Waals surface area contributed by atoms with E-state index in [4.69, 9.17) is 9.47 Å². The second-order valence-electron chi connectivity index (χ2n) is 8.96. The summed E-state index contributed by atoms with van der Waals surface area (Å²) >= 11 is 0. The molecule has 1 aliphatic carbocycles. The Morgan fingerprint density at radius 2 is 1.94 bits per heavy atom. The van der Waals surface area contributed by atoms with Crippen molar-refractivity contribution >= 4 is 17.2 Å². The molecule has 5 rings (SSSR count). The molecule has 1 saturated carbocycles. The van der Waals surface area contributed by atoms with Crippen LogP contribution in [0, 0.1) is 0 Å².